The molecule has 0 N–H and O–H groups in total. The van der Waals surface area contributed by atoms with Gasteiger partial charge >= 0.3 is 138 Å². The molecule has 124 valence electrons. The van der Waals surface area contributed by atoms with Gasteiger partial charge in [-0.2, -0.15) is 0 Å². The van der Waals surface area contributed by atoms with E-state index in [0.717, 1.165) is 0 Å². The number of allylic oxidation sites excluding steroid dienone is 2. The van der Waals surface area contributed by atoms with Crippen LogP contribution in [-0.2, 0) is 3.07 Å². The van der Waals surface area contributed by atoms with Crippen molar-refractivity contribution in [3.63, 3.8) is 0 Å². The molecule has 1 aliphatic rings. The van der Waals surface area contributed by atoms with Crippen molar-refractivity contribution in [1.82, 2.24) is 0 Å². The number of unbranched alkanes of at least 4 members (excludes halogenated alkanes) is 3. The first kappa shape index (κ1) is 19.4. The molecular formula is C19H38OSn. The average Bonchev–Trinajstić information content (AvgIpc) is 2.51. The zero-order valence-electron chi connectivity index (χ0n) is 15.1. The zero-order valence-corrected chi connectivity index (χ0v) is 18.0. The van der Waals surface area contributed by atoms with E-state index < -0.39 is 18.8 Å². The van der Waals surface area contributed by atoms with Crippen LogP contribution in [-0.4, -0.2) is 18.8 Å². The summed E-state index contributed by atoms with van der Waals surface area (Å²) < 4.78 is 11.4. The van der Waals surface area contributed by atoms with Crippen LogP contribution in [0.2, 0.25) is 13.3 Å². The molecule has 0 amide bonds. The Morgan fingerprint density at radius 2 is 1.29 bits per heavy atom. The summed E-state index contributed by atoms with van der Waals surface area (Å²) in [6.45, 7) is 9.33. The average molecular weight is 401 g/mol. The fraction of sp³-hybridized carbons (Fsp3) is 0.895. The quantitative estimate of drug-likeness (QED) is 0.333. The van der Waals surface area contributed by atoms with Crippen LogP contribution in [0.25, 0.3) is 0 Å². The Morgan fingerprint density at radius 1 is 0.810 bits per heavy atom. The summed E-state index contributed by atoms with van der Waals surface area (Å²) in [7, 11) is 0. The van der Waals surface area contributed by atoms with E-state index >= 15 is 0 Å². The van der Waals surface area contributed by atoms with Crippen molar-refractivity contribution < 1.29 is 3.07 Å². The maximum absolute atomic E-state index is 6.99. The molecule has 0 aromatic rings. The fourth-order valence-corrected chi connectivity index (χ4v) is 17.3. The molecule has 0 saturated heterocycles. The summed E-state index contributed by atoms with van der Waals surface area (Å²) in [6.07, 6.45) is 13.4. The second kappa shape index (κ2) is 11.0. The van der Waals surface area contributed by atoms with Crippen molar-refractivity contribution >= 4 is 18.8 Å². The molecule has 0 saturated carbocycles. The number of hydrogen-bond acceptors (Lipinski definition) is 1. The Kier molecular flexibility index (Phi) is 10.1. The third-order valence-electron chi connectivity index (χ3n) is 4.98. The molecule has 0 bridgehead atoms. The van der Waals surface area contributed by atoms with Crippen LogP contribution >= 0.6 is 0 Å². The van der Waals surface area contributed by atoms with E-state index in [4.69, 9.17) is 3.07 Å². The Labute approximate surface area is 138 Å². The van der Waals surface area contributed by atoms with Gasteiger partial charge < -0.3 is 0 Å². The van der Waals surface area contributed by atoms with Crippen molar-refractivity contribution in [1.29, 1.82) is 0 Å². The van der Waals surface area contributed by atoms with Crippen LogP contribution in [0.3, 0.4) is 0 Å². The van der Waals surface area contributed by atoms with Gasteiger partial charge in [0.05, 0.1) is 0 Å². The van der Waals surface area contributed by atoms with Crippen LogP contribution in [0.1, 0.15) is 91.9 Å². The van der Waals surface area contributed by atoms with Crippen molar-refractivity contribution in [2.45, 2.75) is 105 Å². The van der Waals surface area contributed by atoms with Gasteiger partial charge in [-0.1, -0.05) is 0 Å². The van der Waals surface area contributed by atoms with Crippen LogP contribution in [0.4, 0.5) is 0 Å². The van der Waals surface area contributed by atoms with E-state index in [1.807, 2.05) is 0 Å². The number of hydrogen-bond donors (Lipinski definition) is 0. The van der Waals surface area contributed by atoms with Gasteiger partial charge in [-0.15, -0.1) is 0 Å². The molecule has 0 heterocycles. The van der Waals surface area contributed by atoms with E-state index in [-0.39, 0.29) is 0 Å². The molecule has 0 aromatic heterocycles. The molecule has 0 aliphatic heterocycles. The predicted octanol–water partition coefficient (Wildman–Crippen LogP) is 7.20. The van der Waals surface area contributed by atoms with E-state index in [0.29, 0.717) is 0 Å². The zero-order chi connectivity index (χ0) is 15.6. The van der Waals surface area contributed by atoms with E-state index in [1.54, 1.807) is 5.57 Å². The topological polar surface area (TPSA) is 9.23 Å². The van der Waals surface area contributed by atoms with Gasteiger partial charge in [-0.25, -0.2) is 0 Å². The van der Waals surface area contributed by atoms with Gasteiger partial charge in [0.15, 0.2) is 0 Å². The van der Waals surface area contributed by atoms with E-state index in [9.17, 15) is 0 Å². The van der Waals surface area contributed by atoms with E-state index in [2.05, 4.69) is 27.7 Å². The van der Waals surface area contributed by atoms with Gasteiger partial charge in [0.2, 0.25) is 0 Å². The first-order valence-corrected chi connectivity index (χ1v) is 16.8. The fourth-order valence-electron chi connectivity index (χ4n) is 3.45. The minimum atomic E-state index is -2.41. The van der Waals surface area contributed by atoms with Gasteiger partial charge in [0.1, 0.15) is 0 Å². The van der Waals surface area contributed by atoms with Gasteiger partial charge in [0, 0.05) is 0 Å². The molecule has 1 rings (SSSR count). The maximum atomic E-state index is 6.99. The third kappa shape index (κ3) is 6.96. The number of rotatable bonds is 11. The summed E-state index contributed by atoms with van der Waals surface area (Å²) in [5, 5.41) is 0. The summed E-state index contributed by atoms with van der Waals surface area (Å²) in [4.78, 5) is 0. The van der Waals surface area contributed by atoms with E-state index in [1.165, 1.54) is 83.3 Å². The molecule has 21 heavy (non-hydrogen) atoms. The van der Waals surface area contributed by atoms with Gasteiger partial charge in [-0.3, -0.25) is 0 Å². The Bertz CT molecular complexity index is 287. The minimum absolute atomic E-state index is 1.23. The Morgan fingerprint density at radius 3 is 1.71 bits per heavy atom. The summed E-state index contributed by atoms with van der Waals surface area (Å²) in [6, 6.07) is 0. The molecule has 2 heteroatoms. The normalized spacial score (nSPS) is 16.4. The molecule has 1 aliphatic carbocycles. The first-order valence-electron chi connectivity index (χ1n) is 9.55. The Hall–Kier alpha value is 0.339. The Balaban J connectivity index is 2.83. The van der Waals surface area contributed by atoms with Crippen molar-refractivity contribution in [2.75, 3.05) is 0 Å². The molecular weight excluding hydrogens is 363 g/mol. The molecule has 0 radical (unpaired) electrons. The second-order valence-electron chi connectivity index (χ2n) is 7.01. The van der Waals surface area contributed by atoms with Crippen LogP contribution in [0.5, 0.6) is 0 Å². The van der Waals surface area contributed by atoms with Crippen molar-refractivity contribution in [3.8, 4) is 0 Å². The van der Waals surface area contributed by atoms with Gasteiger partial charge in [-0.05, 0) is 0 Å². The third-order valence-corrected chi connectivity index (χ3v) is 17.7. The molecule has 0 atom stereocenters. The molecule has 0 fully saturated rings. The monoisotopic (exact) mass is 402 g/mol. The molecule has 0 spiro atoms. The SMILES string of the molecule is CCC[CH2][Sn]([CH2]CCC)([CH2]CCC)[O]C1=C(C)CCCC1. The van der Waals surface area contributed by atoms with Crippen LogP contribution in [0.15, 0.2) is 11.3 Å². The van der Waals surface area contributed by atoms with Crippen molar-refractivity contribution in [3.05, 3.63) is 11.3 Å². The first-order chi connectivity index (χ1) is 10.2. The molecule has 0 aromatic carbocycles. The molecule has 1 nitrogen and oxygen atoms in total. The molecule has 0 unspecified atom stereocenters. The summed E-state index contributed by atoms with van der Waals surface area (Å²) in [5.41, 5.74) is 1.58. The van der Waals surface area contributed by atoms with Crippen molar-refractivity contribution in [2.24, 2.45) is 0 Å². The van der Waals surface area contributed by atoms with Crippen LogP contribution < -0.4 is 0 Å². The summed E-state index contributed by atoms with van der Waals surface area (Å²) in [5.74, 6) is 1.44. The van der Waals surface area contributed by atoms with Gasteiger partial charge in [0.25, 0.3) is 0 Å². The van der Waals surface area contributed by atoms with Crippen LogP contribution in [0, 0.1) is 0 Å². The summed E-state index contributed by atoms with van der Waals surface area (Å²) >= 11 is -2.41. The predicted molar refractivity (Wildman–Crippen MR) is 97.2 cm³/mol. The second-order valence-corrected chi connectivity index (χ2v) is 18.6. The standard InChI is InChI=1S/C7H12O.3C4H9.Sn/c1-6-4-2-3-5-7(6)8;3*1-3-4-2;/h8H,2-5H2,1H3;3*1,3-4H2,2H3;/q;;;;+1/p-1.